The Kier molecular flexibility index (Phi) is 7.71. The van der Waals surface area contributed by atoms with Gasteiger partial charge in [-0.2, -0.15) is 0 Å². The van der Waals surface area contributed by atoms with E-state index in [0.29, 0.717) is 22.9 Å². The number of ether oxygens (including phenoxy) is 1. The quantitative estimate of drug-likeness (QED) is 0.664. The second kappa shape index (κ2) is 9.80. The highest BCUT2D eigenvalue weighted by atomic mass is 35.5. The van der Waals surface area contributed by atoms with E-state index in [1.807, 2.05) is 31.2 Å². The summed E-state index contributed by atoms with van der Waals surface area (Å²) in [7, 11) is -1.87. The maximum atomic E-state index is 12.3. The number of carbonyl (C=O) groups is 1. The van der Waals surface area contributed by atoms with E-state index < -0.39 is 10.0 Å². The topological polar surface area (TPSA) is 75.7 Å². The van der Waals surface area contributed by atoms with Crippen molar-refractivity contribution >= 4 is 33.2 Å². The molecule has 0 bridgehead atoms. The van der Waals surface area contributed by atoms with Gasteiger partial charge >= 0.3 is 0 Å². The molecule has 1 atom stereocenters. The molecule has 2 rings (SSSR count). The van der Waals surface area contributed by atoms with E-state index in [1.165, 1.54) is 4.31 Å². The third kappa shape index (κ3) is 6.14. The van der Waals surface area contributed by atoms with Crippen molar-refractivity contribution in [3.63, 3.8) is 0 Å². The zero-order valence-electron chi connectivity index (χ0n) is 16.2. The molecular weight excluding hydrogens is 400 g/mol. The number of hydrogen-bond acceptors (Lipinski definition) is 4. The molecule has 0 aromatic heterocycles. The number of carbonyl (C=O) groups excluding carboxylic acids is 1. The Bertz CT molecular complexity index is 901. The van der Waals surface area contributed by atoms with Gasteiger partial charge in [0.2, 0.25) is 15.9 Å². The molecule has 0 radical (unpaired) electrons. The standard InChI is InChI=1S/C20H25ClN2O4S/c1-15(18-7-4-5-8-19(18)27-2)22-20(24)9-6-14-23(28(3,25)26)17-12-10-16(21)11-13-17/h4-5,7-8,10-13,15H,6,9,14H2,1-3H3,(H,22,24). The van der Waals surface area contributed by atoms with Crippen LogP contribution in [0.1, 0.15) is 31.4 Å². The van der Waals surface area contributed by atoms with Gasteiger partial charge in [-0.3, -0.25) is 9.10 Å². The molecule has 0 aliphatic rings. The van der Waals surface area contributed by atoms with Crippen LogP contribution in [0.5, 0.6) is 5.75 Å². The lowest BCUT2D eigenvalue weighted by molar-refractivity contribution is -0.121. The van der Waals surface area contributed by atoms with Crippen molar-refractivity contribution in [1.82, 2.24) is 5.32 Å². The number of para-hydroxylation sites is 1. The molecule has 0 spiro atoms. The summed E-state index contributed by atoms with van der Waals surface area (Å²) in [5.74, 6) is 0.559. The summed E-state index contributed by atoms with van der Waals surface area (Å²) in [4.78, 5) is 12.3. The minimum atomic E-state index is -3.46. The first-order valence-corrected chi connectivity index (χ1v) is 11.1. The predicted octanol–water partition coefficient (Wildman–Crippen LogP) is 3.77. The lowest BCUT2D eigenvalue weighted by atomic mass is 10.1. The second-order valence-electron chi connectivity index (χ2n) is 6.45. The average molecular weight is 425 g/mol. The molecular formula is C20H25ClN2O4S. The SMILES string of the molecule is COc1ccccc1C(C)NC(=O)CCCN(c1ccc(Cl)cc1)S(C)(=O)=O. The van der Waals surface area contributed by atoms with Crippen LogP contribution in [0.25, 0.3) is 0 Å². The Hall–Kier alpha value is -2.25. The highest BCUT2D eigenvalue weighted by Crippen LogP contribution is 2.24. The molecule has 1 unspecified atom stereocenters. The molecule has 0 saturated heterocycles. The van der Waals surface area contributed by atoms with Crippen LogP contribution in [0, 0.1) is 0 Å². The molecule has 1 amide bonds. The molecule has 6 nitrogen and oxygen atoms in total. The number of amides is 1. The van der Waals surface area contributed by atoms with Gasteiger partial charge in [0.15, 0.2) is 0 Å². The Morgan fingerprint density at radius 3 is 2.43 bits per heavy atom. The van der Waals surface area contributed by atoms with Crippen LogP contribution < -0.4 is 14.4 Å². The molecule has 0 heterocycles. The molecule has 0 fully saturated rings. The van der Waals surface area contributed by atoms with Crippen molar-refractivity contribution in [2.75, 3.05) is 24.2 Å². The minimum absolute atomic E-state index is 0.150. The third-order valence-corrected chi connectivity index (χ3v) is 5.71. The summed E-state index contributed by atoms with van der Waals surface area (Å²) in [5, 5.41) is 3.46. The summed E-state index contributed by atoms with van der Waals surface area (Å²) in [6, 6.07) is 13.8. The first-order chi connectivity index (χ1) is 13.2. The lowest BCUT2D eigenvalue weighted by Crippen LogP contribution is -2.32. The van der Waals surface area contributed by atoms with E-state index in [9.17, 15) is 13.2 Å². The number of nitrogens with one attached hydrogen (secondary N) is 1. The van der Waals surface area contributed by atoms with Gasteiger partial charge in [-0.1, -0.05) is 29.8 Å². The van der Waals surface area contributed by atoms with Gasteiger partial charge in [0.05, 0.1) is 25.1 Å². The zero-order valence-corrected chi connectivity index (χ0v) is 17.8. The van der Waals surface area contributed by atoms with Gasteiger partial charge in [0, 0.05) is 23.6 Å². The number of hydrogen-bond donors (Lipinski definition) is 1. The Balaban J connectivity index is 1.94. The maximum Gasteiger partial charge on any atom is 0.232 e. The molecule has 0 aliphatic carbocycles. The molecule has 152 valence electrons. The molecule has 2 aromatic rings. The van der Waals surface area contributed by atoms with Gasteiger partial charge in [-0.05, 0) is 43.7 Å². The van der Waals surface area contributed by atoms with Crippen LogP contribution in [-0.2, 0) is 14.8 Å². The highest BCUT2D eigenvalue weighted by molar-refractivity contribution is 7.92. The first kappa shape index (κ1) is 22.0. The fourth-order valence-corrected chi connectivity index (χ4v) is 3.98. The highest BCUT2D eigenvalue weighted by Gasteiger charge is 2.18. The van der Waals surface area contributed by atoms with E-state index in [1.54, 1.807) is 31.4 Å². The van der Waals surface area contributed by atoms with Crippen LogP contribution in [0.3, 0.4) is 0 Å². The fourth-order valence-electron chi connectivity index (χ4n) is 2.89. The van der Waals surface area contributed by atoms with E-state index in [0.717, 1.165) is 11.8 Å². The number of nitrogens with zero attached hydrogens (tertiary/aromatic N) is 1. The molecule has 2 aromatic carbocycles. The smallest absolute Gasteiger partial charge is 0.232 e. The Labute approximate surface area is 171 Å². The number of benzene rings is 2. The van der Waals surface area contributed by atoms with Gasteiger partial charge in [0.25, 0.3) is 0 Å². The van der Waals surface area contributed by atoms with Crippen LogP contribution in [0.15, 0.2) is 48.5 Å². The van der Waals surface area contributed by atoms with Crippen molar-refractivity contribution in [2.24, 2.45) is 0 Å². The normalized spacial score (nSPS) is 12.3. The molecule has 1 N–H and O–H groups in total. The van der Waals surface area contributed by atoms with Gasteiger partial charge in [-0.25, -0.2) is 8.42 Å². The fraction of sp³-hybridized carbons (Fsp3) is 0.350. The maximum absolute atomic E-state index is 12.3. The lowest BCUT2D eigenvalue weighted by Gasteiger charge is -2.22. The van der Waals surface area contributed by atoms with E-state index in [-0.39, 0.29) is 24.9 Å². The van der Waals surface area contributed by atoms with Gasteiger partial charge in [0.1, 0.15) is 5.75 Å². The molecule has 0 saturated carbocycles. The summed E-state index contributed by atoms with van der Waals surface area (Å²) < 4.78 is 30.8. The zero-order chi connectivity index (χ0) is 20.7. The van der Waals surface area contributed by atoms with Crippen molar-refractivity contribution in [2.45, 2.75) is 25.8 Å². The number of rotatable bonds is 9. The van der Waals surface area contributed by atoms with Crippen molar-refractivity contribution in [3.8, 4) is 5.75 Å². The van der Waals surface area contributed by atoms with Gasteiger partial charge < -0.3 is 10.1 Å². The summed E-state index contributed by atoms with van der Waals surface area (Å²) in [6.45, 7) is 2.09. The van der Waals surface area contributed by atoms with Crippen LogP contribution >= 0.6 is 11.6 Å². The monoisotopic (exact) mass is 424 g/mol. The minimum Gasteiger partial charge on any atom is -0.496 e. The number of methoxy groups -OCH3 is 1. The van der Waals surface area contributed by atoms with E-state index >= 15 is 0 Å². The van der Waals surface area contributed by atoms with Crippen LogP contribution in [0.2, 0.25) is 5.02 Å². The first-order valence-electron chi connectivity index (χ1n) is 8.88. The second-order valence-corrected chi connectivity index (χ2v) is 8.79. The van der Waals surface area contributed by atoms with Crippen molar-refractivity contribution in [3.05, 3.63) is 59.1 Å². The van der Waals surface area contributed by atoms with Crippen molar-refractivity contribution in [1.29, 1.82) is 0 Å². The average Bonchev–Trinajstić information content (AvgIpc) is 2.65. The molecule has 28 heavy (non-hydrogen) atoms. The van der Waals surface area contributed by atoms with Crippen LogP contribution in [0.4, 0.5) is 5.69 Å². The summed E-state index contributed by atoms with van der Waals surface area (Å²) >= 11 is 5.87. The Morgan fingerprint density at radius 2 is 1.82 bits per heavy atom. The molecule has 0 aliphatic heterocycles. The van der Waals surface area contributed by atoms with Gasteiger partial charge in [-0.15, -0.1) is 0 Å². The Morgan fingerprint density at radius 1 is 1.18 bits per heavy atom. The summed E-state index contributed by atoms with van der Waals surface area (Å²) in [6.07, 6.45) is 1.74. The van der Waals surface area contributed by atoms with E-state index in [2.05, 4.69) is 5.32 Å². The van der Waals surface area contributed by atoms with Crippen molar-refractivity contribution < 1.29 is 17.9 Å². The number of halogens is 1. The molecule has 8 heteroatoms. The van der Waals surface area contributed by atoms with E-state index in [4.69, 9.17) is 16.3 Å². The number of sulfonamides is 1. The largest absolute Gasteiger partial charge is 0.496 e. The third-order valence-electron chi connectivity index (χ3n) is 4.26. The van der Waals surface area contributed by atoms with Crippen LogP contribution in [-0.4, -0.2) is 34.2 Å². The predicted molar refractivity (Wildman–Crippen MR) is 112 cm³/mol. The summed E-state index contributed by atoms with van der Waals surface area (Å²) in [5.41, 5.74) is 1.41. The number of anilines is 1.